The first kappa shape index (κ1) is 16.0. The van der Waals surface area contributed by atoms with E-state index in [1.54, 1.807) is 31.1 Å². The SMILES string of the molecule is CCC(COC)NC(=O)Nc1cc(-c2ccccn2)nn1C. The smallest absolute Gasteiger partial charge is 0.320 e. The summed E-state index contributed by atoms with van der Waals surface area (Å²) < 4.78 is 6.68. The number of hydrogen-bond donors (Lipinski definition) is 2. The highest BCUT2D eigenvalue weighted by atomic mass is 16.5. The maximum Gasteiger partial charge on any atom is 0.320 e. The molecule has 2 amide bonds. The van der Waals surface area contributed by atoms with Crippen LogP contribution in [0.4, 0.5) is 10.6 Å². The maximum atomic E-state index is 12.0. The molecule has 0 fully saturated rings. The summed E-state index contributed by atoms with van der Waals surface area (Å²) in [7, 11) is 3.39. The minimum Gasteiger partial charge on any atom is -0.383 e. The second kappa shape index (κ2) is 7.56. The van der Waals surface area contributed by atoms with E-state index >= 15 is 0 Å². The zero-order valence-electron chi connectivity index (χ0n) is 13.0. The minimum absolute atomic E-state index is 0.0199. The van der Waals surface area contributed by atoms with Gasteiger partial charge in [0.25, 0.3) is 0 Å². The van der Waals surface area contributed by atoms with Crippen molar-refractivity contribution in [2.45, 2.75) is 19.4 Å². The van der Waals surface area contributed by atoms with Gasteiger partial charge in [-0.3, -0.25) is 15.0 Å². The number of rotatable bonds is 6. The van der Waals surface area contributed by atoms with Crippen LogP contribution in [0.1, 0.15) is 13.3 Å². The Balaban J connectivity index is 2.04. The van der Waals surface area contributed by atoms with Gasteiger partial charge in [-0.25, -0.2) is 4.79 Å². The molecule has 0 bridgehead atoms. The van der Waals surface area contributed by atoms with Crippen molar-refractivity contribution in [1.82, 2.24) is 20.1 Å². The van der Waals surface area contributed by atoms with Gasteiger partial charge in [-0.1, -0.05) is 13.0 Å². The van der Waals surface area contributed by atoms with Gasteiger partial charge in [0.15, 0.2) is 0 Å². The second-order valence-corrected chi connectivity index (χ2v) is 4.91. The molecule has 0 saturated carbocycles. The first-order valence-electron chi connectivity index (χ1n) is 7.16. The van der Waals surface area contributed by atoms with Gasteiger partial charge in [0.2, 0.25) is 0 Å². The first-order chi connectivity index (χ1) is 10.6. The topological polar surface area (TPSA) is 81.1 Å². The number of aromatic nitrogens is 3. The predicted molar refractivity (Wildman–Crippen MR) is 84.5 cm³/mol. The summed E-state index contributed by atoms with van der Waals surface area (Å²) in [6.07, 6.45) is 2.51. The van der Waals surface area contributed by atoms with Gasteiger partial charge in [-0.2, -0.15) is 5.10 Å². The molecule has 0 aliphatic heterocycles. The number of urea groups is 1. The van der Waals surface area contributed by atoms with Crippen molar-refractivity contribution in [3.8, 4) is 11.4 Å². The number of carbonyl (C=O) groups excluding carboxylic acids is 1. The highest BCUT2D eigenvalue weighted by Gasteiger charge is 2.13. The quantitative estimate of drug-likeness (QED) is 0.855. The van der Waals surface area contributed by atoms with E-state index in [0.29, 0.717) is 18.1 Å². The van der Waals surface area contributed by atoms with Crippen molar-refractivity contribution >= 4 is 11.8 Å². The summed E-state index contributed by atoms with van der Waals surface area (Å²) in [5.74, 6) is 0.602. The van der Waals surface area contributed by atoms with Gasteiger partial charge in [0.05, 0.1) is 18.3 Å². The van der Waals surface area contributed by atoms with E-state index in [-0.39, 0.29) is 12.1 Å². The first-order valence-corrected chi connectivity index (χ1v) is 7.16. The molecule has 22 heavy (non-hydrogen) atoms. The fourth-order valence-corrected chi connectivity index (χ4v) is 2.02. The lowest BCUT2D eigenvalue weighted by atomic mass is 10.2. The molecule has 0 aliphatic carbocycles. The summed E-state index contributed by atoms with van der Waals surface area (Å²) in [5.41, 5.74) is 1.47. The normalized spacial score (nSPS) is 12.0. The molecule has 2 heterocycles. The van der Waals surface area contributed by atoms with Crippen molar-refractivity contribution < 1.29 is 9.53 Å². The second-order valence-electron chi connectivity index (χ2n) is 4.91. The third-order valence-corrected chi connectivity index (χ3v) is 3.24. The molecule has 1 unspecified atom stereocenters. The van der Waals surface area contributed by atoms with E-state index in [1.807, 2.05) is 25.1 Å². The van der Waals surface area contributed by atoms with E-state index < -0.39 is 0 Å². The molecule has 0 aromatic carbocycles. The van der Waals surface area contributed by atoms with Crippen LogP contribution in [0.25, 0.3) is 11.4 Å². The van der Waals surface area contributed by atoms with Crippen molar-refractivity contribution in [1.29, 1.82) is 0 Å². The number of nitrogens with one attached hydrogen (secondary N) is 2. The molecule has 2 N–H and O–H groups in total. The van der Waals surface area contributed by atoms with Gasteiger partial charge >= 0.3 is 6.03 Å². The monoisotopic (exact) mass is 303 g/mol. The van der Waals surface area contributed by atoms with Crippen LogP contribution in [0.15, 0.2) is 30.5 Å². The number of methoxy groups -OCH3 is 1. The van der Waals surface area contributed by atoms with Gasteiger partial charge in [0.1, 0.15) is 11.5 Å². The van der Waals surface area contributed by atoms with Crippen LogP contribution >= 0.6 is 0 Å². The molecule has 2 rings (SSSR count). The molecule has 0 saturated heterocycles. The summed E-state index contributed by atoms with van der Waals surface area (Å²) in [5, 5.41) is 10.0. The number of aryl methyl sites for hydroxylation is 1. The lowest BCUT2D eigenvalue weighted by molar-refractivity contribution is 0.165. The molecule has 7 heteroatoms. The van der Waals surface area contributed by atoms with Crippen LogP contribution in [0.3, 0.4) is 0 Å². The highest BCUT2D eigenvalue weighted by molar-refractivity contribution is 5.89. The molecule has 2 aromatic rings. The molecule has 0 aliphatic rings. The number of carbonyl (C=O) groups is 1. The maximum absolute atomic E-state index is 12.0. The van der Waals surface area contributed by atoms with Crippen molar-refractivity contribution in [3.63, 3.8) is 0 Å². The van der Waals surface area contributed by atoms with E-state index in [0.717, 1.165) is 12.1 Å². The van der Waals surface area contributed by atoms with E-state index in [9.17, 15) is 4.79 Å². The minimum atomic E-state index is -0.278. The summed E-state index contributed by atoms with van der Waals surface area (Å²) in [4.78, 5) is 16.3. The Morgan fingerprint density at radius 3 is 2.86 bits per heavy atom. The molecular weight excluding hydrogens is 282 g/mol. The Bertz CT molecular complexity index is 612. The van der Waals surface area contributed by atoms with Gasteiger partial charge in [-0.05, 0) is 18.6 Å². The standard InChI is InChI=1S/C15H21N5O2/c1-4-11(10-22-3)17-15(21)18-14-9-13(19-20(14)2)12-7-5-6-8-16-12/h5-9,11H,4,10H2,1-3H3,(H2,17,18,21). The molecular formula is C15H21N5O2. The molecule has 0 spiro atoms. The number of nitrogens with zero attached hydrogens (tertiary/aromatic N) is 3. The average Bonchev–Trinajstić information content (AvgIpc) is 2.88. The van der Waals surface area contributed by atoms with Crippen LogP contribution in [0.5, 0.6) is 0 Å². The highest BCUT2D eigenvalue weighted by Crippen LogP contribution is 2.18. The van der Waals surface area contributed by atoms with Crippen LogP contribution in [-0.2, 0) is 11.8 Å². The fourth-order valence-electron chi connectivity index (χ4n) is 2.02. The molecule has 0 radical (unpaired) electrons. The van der Waals surface area contributed by atoms with Crippen LogP contribution < -0.4 is 10.6 Å². The molecule has 7 nitrogen and oxygen atoms in total. The number of hydrogen-bond acceptors (Lipinski definition) is 4. The Hall–Kier alpha value is -2.41. The Kier molecular flexibility index (Phi) is 5.48. The average molecular weight is 303 g/mol. The number of ether oxygens (including phenoxy) is 1. The van der Waals surface area contributed by atoms with Gasteiger partial charge in [-0.15, -0.1) is 0 Å². The Morgan fingerprint density at radius 1 is 1.41 bits per heavy atom. The third-order valence-electron chi connectivity index (χ3n) is 3.24. The van der Waals surface area contributed by atoms with E-state index in [2.05, 4.69) is 20.7 Å². The van der Waals surface area contributed by atoms with Crippen molar-refractivity contribution in [3.05, 3.63) is 30.5 Å². The van der Waals surface area contributed by atoms with Crippen LogP contribution in [0.2, 0.25) is 0 Å². The lowest BCUT2D eigenvalue weighted by Gasteiger charge is -2.16. The summed E-state index contributed by atoms with van der Waals surface area (Å²) in [6.45, 7) is 2.47. The number of anilines is 1. The fraction of sp³-hybridized carbons (Fsp3) is 0.400. The number of amides is 2. The van der Waals surface area contributed by atoms with E-state index in [4.69, 9.17) is 4.74 Å². The molecule has 1 atom stereocenters. The lowest BCUT2D eigenvalue weighted by Crippen LogP contribution is -2.40. The largest absolute Gasteiger partial charge is 0.383 e. The Morgan fingerprint density at radius 2 is 2.23 bits per heavy atom. The summed E-state index contributed by atoms with van der Waals surface area (Å²) >= 11 is 0. The van der Waals surface area contributed by atoms with Crippen molar-refractivity contribution in [2.24, 2.45) is 7.05 Å². The zero-order valence-corrected chi connectivity index (χ0v) is 13.0. The third kappa shape index (κ3) is 4.05. The molecule has 2 aromatic heterocycles. The van der Waals surface area contributed by atoms with Gasteiger partial charge in [0, 0.05) is 26.4 Å². The summed E-state index contributed by atoms with van der Waals surface area (Å²) in [6, 6.07) is 7.11. The van der Waals surface area contributed by atoms with E-state index in [1.165, 1.54) is 0 Å². The number of pyridine rings is 1. The van der Waals surface area contributed by atoms with Gasteiger partial charge < -0.3 is 10.1 Å². The predicted octanol–water partition coefficient (Wildman–Crippen LogP) is 2.03. The van der Waals surface area contributed by atoms with Crippen molar-refractivity contribution in [2.75, 3.05) is 19.0 Å². The molecule has 118 valence electrons. The van der Waals surface area contributed by atoms with Crippen LogP contribution in [-0.4, -0.2) is 40.6 Å². The zero-order chi connectivity index (χ0) is 15.9. The Labute approximate surface area is 129 Å². The van der Waals surface area contributed by atoms with Crippen LogP contribution in [0, 0.1) is 0 Å².